The second-order valence-electron chi connectivity index (χ2n) is 5.36. The van der Waals surface area contributed by atoms with Crippen LogP contribution in [0.1, 0.15) is 25.5 Å². The van der Waals surface area contributed by atoms with E-state index in [-0.39, 0.29) is 12.3 Å². The largest absolute Gasteiger partial charge is 0.461 e. The Kier molecular flexibility index (Phi) is 4.07. The number of ether oxygens (including phenoxy) is 1. The minimum atomic E-state index is -0.568. The summed E-state index contributed by atoms with van der Waals surface area (Å²) < 4.78 is 10.1. The molecule has 24 heavy (non-hydrogen) atoms. The molecular formula is C17H16N2O5. The first kappa shape index (κ1) is 15.8. The molecule has 0 spiro atoms. The number of hydrogen-bond donors (Lipinski definition) is 2. The van der Waals surface area contributed by atoms with Crippen LogP contribution in [0.2, 0.25) is 0 Å². The molecule has 2 amide bonds. The highest BCUT2D eigenvalue weighted by Gasteiger charge is 2.29. The molecule has 0 aliphatic carbocycles. The maximum absolute atomic E-state index is 12.0. The number of carbonyl (C=O) groups excluding carboxylic acids is 2. The summed E-state index contributed by atoms with van der Waals surface area (Å²) in [7, 11) is 0. The third-order valence-corrected chi connectivity index (χ3v) is 3.80. The fourth-order valence-electron chi connectivity index (χ4n) is 2.65. The Morgan fingerprint density at radius 3 is 2.79 bits per heavy atom. The van der Waals surface area contributed by atoms with E-state index in [1.807, 2.05) is 0 Å². The predicted molar refractivity (Wildman–Crippen MR) is 86.2 cm³/mol. The van der Waals surface area contributed by atoms with E-state index in [4.69, 9.17) is 9.15 Å². The van der Waals surface area contributed by atoms with Gasteiger partial charge in [-0.15, -0.1) is 0 Å². The van der Waals surface area contributed by atoms with Gasteiger partial charge in [0, 0.05) is 11.5 Å². The Balaban J connectivity index is 2.05. The quantitative estimate of drug-likeness (QED) is 0.663. The van der Waals surface area contributed by atoms with E-state index in [9.17, 15) is 14.4 Å². The fourth-order valence-corrected chi connectivity index (χ4v) is 2.65. The molecular weight excluding hydrogens is 312 g/mol. The lowest BCUT2D eigenvalue weighted by Crippen LogP contribution is -2.45. The number of fused-ring (bicyclic) bond motifs is 1. The number of rotatable bonds is 3. The lowest BCUT2D eigenvalue weighted by molar-refractivity contribution is -0.139. The second kappa shape index (κ2) is 6.19. The van der Waals surface area contributed by atoms with Crippen molar-refractivity contribution < 1.29 is 18.7 Å². The van der Waals surface area contributed by atoms with Crippen molar-refractivity contribution in [3.63, 3.8) is 0 Å². The molecule has 7 nitrogen and oxygen atoms in total. The summed E-state index contributed by atoms with van der Waals surface area (Å²) in [5.74, 6) is -0.568. The maximum Gasteiger partial charge on any atom is 0.354 e. The summed E-state index contributed by atoms with van der Waals surface area (Å²) >= 11 is 0. The van der Waals surface area contributed by atoms with Gasteiger partial charge in [-0.3, -0.25) is 0 Å². The van der Waals surface area contributed by atoms with Crippen molar-refractivity contribution >= 4 is 23.0 Å². The zero-order chi connectivity index (χ0) is 17.3. The molecule has 0 saturated heterocycles. The summed E-state index contributed by atoms with van der Waals surface area (Å²) in [5.41, 5.74) is 1.59. The number of amides is 2. The van der Waals surface area contributed by atoms with E-state index in [1.165, 1.54) is 6.07 Å². The zero-order valence-electron chi connectivity index (χ0n) is 13.2. The van der Waals surface area contributed by atoms with Crippen LogP contribution in [0, 0.1) is 0 Å². The Morgan fingerprint density at radius 2 is 2.04 bits per heavy atom. The summed E-state index contributed by atoms with van der Waals surface area (Å²) in [4.78, 5) is 35.2. The molecule has 0 saturated carbocycles. The average molecular weight is 328 g/mol. The Labute approximate surface area is 137 Å². The highest BCUT2D eigenvalue weighted by atomic mass is 16.5. The van der Waals surface area contributed by atoms with E-state index in [1.54, 1.807) is 38.1 Å². The van der Waals surface area contributed by atoms with Crippen molar-refractivity contribution in [3.8, 4) is 0 Å². The van der Waals surface area contributed by atoms with Crippen LogP contribution in [0.25, 0.3) is 11.0 Å². The van der Waals surface area contributed by atoms with Crippen molar-refractivity contribution in [3.05, 3.63) is 57.6 Å². The van der Waals surface area contributed by atoms with Crippen LogP contribution in [0.4, 0.5) is 4.79 Å². The monoisotopic (exact) mass is 328 g/mol. The van der Waals surface area contributed by atoms with Gasteiger partial charge in [-0.25, -0.2) is 14.4 Å². The molecule has 1 aromatic carbocycles. The lowest BCUT2D eigenvalue weighted by atomic mass is 9.95. The molecule has 3 rings (SSSR count). The van der Waals surface area contributed by atoms with Crippen molar-refractivity contribution in [1.82, 2.24) is 10.6 Å². The van der Waals surface area contributed by atoms with Crippen molar-refractivity contribution in [2.24, 2.45) is 0 Å². The number of benzene rings is 1. The van der Waals surface area contributed by atoms with Crippen LogP contribution >= 0.6 is 0 Å². The van der Waals surface area contributed by atoms with E-state index < -0.39 is 23.7 Å². The first-order chi connectivity index (χ1) is 11.5. The maximum atomic E-state index is 12.0. The summed E-state index contributed by atoms with van der Waals surface area (Å²) in [6, 6.07) is 7.24. The Morgan fingerprint density at radius 1 is 1.25 bits per heavy atom. The molecule has 2 heterocycles. The lowest BCUT2D eigenvalue weighted by Gasteiger charge is -2.27. The normalized spacial score (nSPS) is 17.4. The van der Waals surface area contributed by atoms with Gasteiger partial charge >= 0.3 is 17.6 Å². The van der Waals surface area contributed by atoms with Crippen molar-refractivity contribution in [1.29, 1.82) is 0 Å². The third kappa shape index (κ3) is 2.88. The van der Waals surface area contributed by atoms with Gasteiger partial charge in [0.1, 0.15) is 11.3 Å². The first-order valence-electron chi connectivity index (χ1n) is 7.49. The Hall–Kier alpha value is -3.09. The van der Waals surface area contributed by atoms with E-state index in [2.05, 4.69) is 10.6 Å². The van der Waals surface area contributed by atoms with Crippen LogP contribution in [0.15, 0.2) is 50.8 Å². The fraction of sp³-hybridized carbons (Fsp3) is 0.235. The van der Waals surface area contributed by atoms with Gasteiger partial charge in [0.05, 0.1) is 12.6 Å². The molecule has 1 aromatic heterocycles. The molecule has 1 unspecified atom stereocenters. The molecule has 0 bridgehead atoms. The predicted octanol–water partition coefficient (Wildman–Crippen LogP) is 1.98. The molecule has 0 fully saturated rings. The molecule has 1 aliphatic rings. The van der Waals surface area contributed by atoms with Crippen LogP contribution in [0.5, 0.6) is 0 Å². The molecule has 124 valence electrons. The topological polar surface area (TPSA) is 97.6 Å². The summed E-state index contributed by atoms with van der Waals surface area (Å²) in [6.45, 7) is 3.67. The smallest absolute Gasteiger partial charge is 0.354 e. The zero-order valence-corrected chi connectivity index (χ0v) is 13.2. The van der Waals surface area contributed by atoms with E-state index in [0.717, 1.165) is 10.9 Å². The van der Waals surface area contributed by atoms with Crippen LogP contribution in [0.3, 0.4) is 0 Å². The van der Waals surface area contributed by atoms with Gasteiger partial charge in [0.15, 0.2) is 0 Å². The number of esters is 1. The highest BCUT2D eigenvalue weighted by molar-refractivity contribution is 5.96. The molecule has 2 aromatic rings. The van der Waals surface area contributed by atoms with E-state index >= 15 is 0 Å². The van der Waals surface area contributed by atoms with Crippen LogP contribution in [-0.4, -0.2) is 18.6 Å². The summed E-state index contributed by atoms with van der Waals surface area (Å²) in [6.07, 6.45) is 0. The molecule has 0 radical (unpaired) electrons. The molecule has 2 N–H and O–H groups in total. The van der Waals surface area contributed by atoms with Crippen LogP contribution in [-0.2, 0) is 9.53 Å². The number of hydrogen-bond acceptors (Lipinski definition) is 5. The highest BCUT2D eigenvalue weighted by Crippen LogP contribution is 2.28. The SMILES string of the molecule is CCOC(=O)C1=C(C)C(c2ccc3oc(=O)ccc3c2)NC(=O)N1. The minimum absolute atomic E-state index is 0.144. The van der Waals surface area contributed by atoms with Gasteiger partial charge in [-0.05, 0) is 43.2 Å². The minimum Gasteiger partial charge on any atom is -0.461 e. The molecule has 7 heteroatoms. The number of urea groups is 1. The molecule has 1 atom stereocenters. The van der Waals surface area contributed by atoms with E-state index in [0.29, 0.717) is 11.2 Å². The molecule has 1 aliphatic heterocycles. The van der Waals surface area contributed by atoms with Crippen LogP contribution < -0.4 is 16.3 Å². The van der Waals surface area contributed by atoms with Crippen molar-refractivity contribution in [2.45, 2.75) is 19.9 Å². The number of nitrogens with one attached hydrogen (secondary N) is 2. The van der Waals surface area contributed by atoms with Gasteiger partial charge in [-0.1, -0.05) is 6.07 Å². The first-order valence-corrected chi connectivity index (χ1v) is 7.49. The standard InChI is InChI=1S/C17H16N2O5/c1-3-23-16(21)15-9(2)14(18-17(22)19-15)11-4-6-12-10(8-11)5-7-13(20)24-12/h4-8,14H,3H2,1-2H3,(H2,18,19,22). The number of carbonyl (C=O) groups is 2. The van der Waals surface area contributed by atoms with Crippen molar-refractivity contribution in [2.75, 3.05) is 6.61 Å². The second-order valence-corrected chi connectivity index (χ2v) is 5.36. The average Bonchev–Trinajstić information content (AvgIpc) is 2.56. The van der Waals surface area contributed by atoms with Gasteiger partial charge < -0.3 is 19.8 Å². The van der Waals surface area contributed by atoms with Gasteiger partial charge in [0.25, 0.3) is 0 Å². The van der Waals surface area contributed by atoms with Gasteiger partial charge in [0.2, 0.25) is 0 Å². The summed E-state index contributed by atoms with van der Waals surface area (Å²) in [5, 5.41) is 5.99. The third-order valence-electron chi connectivity index (χ3n) is 3.80. The van der Waals surface area contributed by atoms with Gasteiger partial charge in [-0.2, -0.15) is 0 Å². The Bertz CT molecular complexity index is 913.